The monoisotopic (exact) mass is 295 g/mol. The number of hydrogen-bond donors (Lipinski definition) is 1. The van der Waals surface area contributed by atoms with Gasteiger partial charge in [-0.3, -0.25) is 4.79 Å². The lowest BCUT2D eigenvalue weighted by molar-refractivity contribution is 0.0162. The zero-order valence-corrected chi connectivity index (χ0v) is 12.7. The number of halogens is 1. The van der Waals surface area contributed by atoms with Crippen LogP contribution in [0.5, 0.6) is 0 Å². The molecule has 1 saturated carbocycles. The molecule has 3 nitrogen and oxygen atoms in total. The van der Waals surface area contributed by atoms with E-state index in [2.05, 4.69) is 0 Å². The van der Waals surface area contributed by atoms with Crippen LogP contribution in [-0.2, 0) is 0 Å². The average Bonchev–Trinajstić information content (AvgIpc) is 2.82. The Morgan fingerprint density at radius 2 is 2.10 bits per heavy atom. The van der Waals surface area contributed by atoms with Crippen molar-refractivity contribution in [3.05, 3.63) is 34.9 Å². The lowest BCUT2D eigenvalue weighted by Gasteiger charge is -2.28. The zero-order valence-electron chi connectivity index (χ0n) is 11.9. The standard InChI is InChI=1S/C16H22ClNO2/c1-18(12-16(20)8-2-3-9-16)10-7-15(19)13-5-4-6-14(17)11-13/h4-6,11,20H,2-3,7-10,12H2,1H3. The van der Waals surface area contributed by atoms with Crippen LogP contribution >= 0.6 is 11.6 Å². The molecule has 20 heavy (non-hydrogen) atoms. The predicted molar refractivity (Wildman–Crippen MR) is 81.3 cm³/mol. The van der Waals surface area contributed by atoms with Gasteiger partial charge in [-0.25, -0.2) is 0 Å². The van der Waals surface area contributed by atoms with Gasteiger partial charge in [0.05, 0.1) is 5.60 Å². The lowest BCUT2D eigenvalue weighted by atomic mass is 10.0. The molecule has 0 aliphatic heterocycles. The summed E-state index contributed by atoms with van der Waals surface area (Å²) in [7, 11) is 1.96. The number of likely N-dealkylation sites (N-methyl/N-ethyl adjacent to an activating group) is 1. The molecule has 0 unspecified atom stereocenters. The first-order valence-electron chi connectivity index (χ1n) is 7.18. The Balaban J connectivity index is 1.81. The average molecular weight is 296 g/mol. The normalized spacial score (nSPS) is 17.6. The minimum absolute atomic E-state index is 0.0951. The van der Waals surface area contributed by atoms with Gasteiger partial charge < -0.3 is 10.0 Å². The van der Waals surface area contributed by atoms with Crippen molar-refractivity contribution in [2.75, 3.05) is 20.1 Å². The number of nitrogens with zero attached hydrogens (tertiary/aromatic N) is 1. The van der Waals surface area contributed by atoms with Crippen molar-refractivity contribution in [1.82, 2.24) is 4.90 Å². The van der Waals surface area contributed by atoms with Gasteiger partial charge in [0.2, 0.25) is 0 Å². The van der Waals surface area contributed by atoms with Crippen LogP contribution in [0.3, 0.4) is 0 Å². The van der Waals surface area contributed by atoms with E-state index in [1.54, 1.807) is 24.3 Å². The molecule has 1 aliphatic carbocycles. The predicted octanol–water partition coefficient (Wildman–Crippen LogP) is 3.15. The molecule has 0 aromatic heterocycles. The largest absolute Gasteiger partial charge is 0.389 e. The highest BCUT2D eigenvalue weighted by Gasteiger charge is 2.32. The number of carbonyl (C=O) groups is 1. The second-order valence-electron chi connectivity index (χ2n) is 5.85. The fourth-order valence-electron chi connectivity index (χ4n) is 2.87. The number of carbonyl (C=O) groups excluding carboxylic acids is 1. The Morgan fingerprint density at radius 1 is 1.40 bits per heavy atom. The summed E-state index contributed by atoms with van der Waals surface area (Å²) in [6.45, 7) is 1.31. The molecule has 1 aromatic rings. The van der Waals surface area contributed by atoms with Crippen LogP contribution in [0.25, 0.3) is 0 Å². The van der Waals surface area contributed by atoms with E-state index in [9.17, 15) is 9.90 Å². The second-order valence-corrected chi connectivity index (χ2v) is 6.29. The summed E-state index contributed by atoms with van der Waals surface area (Å²) < 4.78 is 0. The van der Waals surface area contributed by atoms with Gasteiger partial charge in [-0.15, -0.1) is 0 Å². The molecule has 0 atom stereocenters. The van der Waals surface area contributed by atoms with Gasteiger partial charge >= 0.3 is 0 Å². The van der Waals surface area contributed by atoms with Crippen LogP contribution in [-0.4, -0.2) is 41.5 Å². The quantitative estimate of drug-likeness (QED) is 0.820. The molecule has 1 N–H and O–H groups in total. The van der Waals surface area contributed by atoms with Gasteiger partial charge in [0, 0.05) is 30.1 Å². The van der Waals surface area contributed by atoms with Gasteiger partial charge in [0.1, 0.15) is 0 Å². The molecular weight excluding hydrogens is 274 g/mol. The maximum atomic E-state index is 12.1. The number of aliphatic hydroxyl groups is 1. The summed E-state index contributed by atoms with van der Waals surface area (Å²) in [5.41, 5.74) is 0.110. The summed E-state index contributed by atoms with van der Waals surface area (Å²) in [5, 5.41) is 10.9. The van der Waals surface area contributed by atoms with E-state index in [4.69, 9.17) is 11.6 Å². The van der Waals surface area contributed by atoms with Crippen molar-refractivity contribution in [3.63, 3.8) is 0 Å². The Morgan fingerprint density at radius 3 is 2.75 bits per heavy atom. The maximum Gasteiger partial charge on any atom is 0.164 e. The van der Waals surface area contributed by atoms with Crippen molar-refractivity contribution >= 4 is 17.4 Å². The molecule has 0 bridgehead atoms. The van der Waals surface area contributed by atoms with Crippen LogP contribution in [0, 0.1) is 0 Å². The highest BCUT2D eigenvalue weighted by Crippen LogP contribution is 2.29. The molecule has 0 amide bonds. The summed E-state index contributed by atoms with van der Waals surface area (Å²) in [6.07, 6.45) is 4.41. The molecule has 0 spiro atoms. The molecular formula is C16H22ClNO2. The maximum absolute atomic E-state index is 12.1. The van der Waals surface area contributed by atoms with E-state index in [0.717, 1.165) is 25.7 Å². The SMILES string of the molecule is CN(CCC(=O)c1cccc(Cl)c1)CC1(O)CCCC1. The number of rotatable bonds is 6. The molecule has 1 aromatic carbocycles. The van der Waals surface area contributed by atoms with Gasteiger partial charge in [0.25, 0.3) is 0 Å². The first-order valence-corrected chi connectivity index (χ1v) is 7.56. The van der Waals surface area contributed by atoms with Crippen molar-refractivity contribution in [2.24, 2.45) is 0 Å². The van der Waals surface area contributed by atoms with Crippen LogP contribution < -0.4 is 0 Å². The third-order valence-corrected chi connectivity index (χ3v) is 4.20. The van der Waals surface area contributed by atoms with Crippen LogP contribution in [0.1, 0.15) is 42.5 Å². The van der Waals surface area contributed by atoms with E-state index in [0.29, 0.717) is 30.1 Å². The van der Waals surface area contributed by atoms with Crippen molar-refractivity contribution < 1.29 is 9.90 Å². The van der Waals surface area contributed by atoms with Crippen LogP contribution in [0.15, 0.2) is 24.3 Å². The Bertz CT molecular complexity index is 469. The third-order valence-electron chi connectivity index (χ3n) is 3.97. The van der Waals surface area contributed by atoms with E-state index in [-0.39, 0.29) is 5.78 Å². The highest BCUT2D eigenvalue weighted by molar-refractivity contribution is 6.31. The molecule has 4 heteroatoms. The Kier molecular flexibility index (Phi) is 5.19. The topological polar surface area (TPSA) is 40.5 Å². The molecule has 110 valence electrons. The number of Topliss-reactive ketones (excluding diaryl/α,β-unsaturated/α-hetero) is 1. The van der Waals surface area contributed by atoms with Gasteiger partial charge in [0.15, 0.2) is 5.78 Å². The van der Waals surface area contributed by atoms with E-state index in [1.165, 1.54) is 0 Å². The first kappa shape index (κ1) is 15.5. The number of hydrogen-bond acceptors (Lipinski definition) is 3. The zero-order chi connectivity index (χ0) is 14.6. The Labute approximate surface area is 125 Å². The second kappa shape index (κ2) is 6.70. The molecule has 0 heterocycles. The molecule has 0 radical (unpaired) electrons. The lowest BCUT2D eigenvalue weighted by Crippen LogP contribution is -2.39. The molecule has 2 rings (SSSR count). The summed E-state index contributed by atoms with van der Waals surface area (Å²) in [5.74, 6) is 0.0951. The van der Waals surface area contributed by atoms with Gasteiger partial charge in [-0.05, 0) is 32.0 Å². The number of benzene rings is 1. The van der Waals surface area contributed by atoms with E-state index < -0.39 is 5.60 Å². The molecule has 0 saturated heterocycles. The fourth-order valence-corrected chi connectivity index (χ4v) is 3.06. The third kappa shape index (κ3) is 4.30. The van der Waals surface area contributed by atoms with Crippen LogP contribution in [0.2, 0.25) is 5.02 Å². The van der Waals surface area contributed by atoms with Crippen molar-refractivity contribution in [3.8, 4) is 0 Å². The number of ketones is 1. The summed E-state index contributed by atoms with van der Waals surface area (Å²) >= 11 is 5.89. The van der Waals surface area contributed by atoms with Crippen molar-refractivity contribution in [2.45, 2.75) is 37.7 Å². The molecule has 1 fully saturated rings. The fraction of sp³-hybridized carbons (Fsp3) is 0.562. The Hall–Kier alpha value is -0.900. The minimum atomic E-state index is -0.548. The van der Waals surface area contributed by atoms with Gasteiger partial charge in [-0.1, -0.05) is 36.6 Å². The van der Waals surface area contributed by atoms with Gasteiger partial charge in [-0.2, -0.15) is 0 Å². The smallest absolute Gasteiger partial charge is 0.164 e. The van der Waals surface area contributed by atoms with E-state index in [1.807, 2.05) is 11.9 Å². The van der Waals surface area contributed by atoms with E-state index >= 15 is 0 Å². The molecule has 1 aliphatic rings. The summed E-state index contributed by atoms with van der Waals surface area (Å²) in [4.78, 5) is 14.1. The van der Waals surface area contributed by atoms with Crippen LogP contribution in [0.4, 0.5) is 0 Å². The van der Waals surface area contributed by atoms with Crippen molar-refractivity contribution in [1.29, 1.82) is 0 Å². The highest BCUT2D eigenvalue weighted by atomic mass is 35.5. The first-order chi connectivity index (χ1) is 9.48. The summed E-state index contributed by atoms with van der Waals surface area (Å²) in [6, 6.07) is 7.05. The minimum Gasteiger partial charge on any atom is -0.389 e.